The highest BCUT2D eigenvalue weighted by Crippen LogP contribution is 2.63. The lowest BCUT2D eigenvalue weighted by atomic mass is 9.61. The molecule has 3 unspecified atom stereocenters. The molecule has 3 aliphatic rings. The van der Waals surface area contributed by atoms with Crippen LogP contribution in [0, 0.1) is 28.4 Å². The molecule has 2 heterocycles. The van der Waals surface area contributed by atoms with E-state index in [4.69, 9.17) is 0 Å². The minimum atomic E-state index is -0.931. The first kappa shape index (κ1) is 21.6. The van der Waals surface area contributed by atoms with Crippen molar-refractivity contribution in [3.8, 4) is 0 Å². The van der Waals surface area contributed by atoms with E-state index in [9.17, 15) is 13.6 Å². The van der Waals surface area contributed by atoms with Crippen LogP contribution in [0.3, 0.4) is 0 Å². The van der Waals surface area contributed by atoms with Gasteiger partial charge in [0.25, 0.3) is 0 Å². The highest BCUT2D eigenvalue weighted by Gasteiger charge is 2.62. The van der Waals surface area contributed by atoms with Crippen LogP contribution in [0.4, 0.5) is 8.78 Å². The fraction of sp³-hybridized carbons (Fsp3) is 0.480. The summed E-state index contributed by atoms with van der Waals surface area (Å²) in [6, 6.07) is 3.85. The van der Waals surface area contributed by atoms with Crippen molar-refractivity contribution in [3.63, 3.8) is 0 Å². The van der Waals surface area contributed by atoms with Crippen molar-refractivity contribution in [1.82, 2.24) is 4.90 Å². The summed E-state index contributed by atoms with van der Waals surface area (Å²) in [5.74, 6) is -1.48. The maximum atomic E-state index is 14.5. The van der Waals surface area contributed by atoms with Gasteiger partial charge in [0.05, 0.1) is 22.4 Å². The van der Waals surface area contributed by atoms with Gasteiger partial charge in [0, 0.05) is 12.6 Å². The summed E-state index contributed by atoms with van der Waals surface area (Å²) >= 11 is 0. The third-order valence-electron chi connectivity index (χ3n) is 7.72. The summed E-state index contributed by atoms with van der Waals surface area (Å²) in [4.78, 5) is 15.9. The summed E-state index contributed by atoms with van der Waals surface area (Å²) in [7, 11) is 0. The molecule has 6 heteroatoms. The standard InChI is InChI=1S/C25H29F2N3O/c1-15-14-21(22-19(26)9-6-10-20(22)27)29-28-17(3)25(12-11-18(15)24(25,4)5)23(31)30-13-7-8-16(30)2/h6,9-10,14,16,18H,1,3,7-8,11-13H2,2,4-5H3/b21-14-,29-28?. The van der Waals surface area contributed by atoms with Gasteiger partial charge >= 0.3 is 0 Å². The molecular weight excluding hydrogens is 396 g/mol. The minimum absolute atomic E-state index is 0.0299. The van der Waals surface area contributed by atoms with E-state index in [2.05, 4.69) is 44.2 Å². The summed E-state index contributed by atoms with van der Waals surface area (Å²) in [5, 5.41) is 8.52. The first-order chi connectivity index (χ1) is 14.6. The number of hydrogen-bond donors (Lipinski definition) is 0. The molecule has 3 atom stereocenters. The van der Waals surface area contributed by atoms with Crippen molar-refractivity contribution in [3.05, 3.63) is 65.9 Å². The monoisotopic (exact) mass is 425 g/mol. The quantitative estimate of drug-likeness (QED) is 0.550. The molecule has 1 aliphatic carbocycles. The number of rotatable bonds is 2. The molecule has 0 N–H and O–H groups in total. The van der Waals surface area contributed by atoms with Gasteiger partial charge in [-0.05, 0) is 67.7 Å². The number of amides is 1. The number of nitrogens with zero attached hydrogens (tertiary/aromatic N) is 3. The number of likely N-dealkylation sites (tertiary alicyclic amines) is 1. The van der Waals surface area contributed by atoms with Crippen LogP contribution in [0.5, 0.6) is 0 Å². The number of halogens is 2. The largest absolute Gasteiger partial charge is 0.339 e. The van der Waals surface area contributed by atoms with Gasteiger partial charge in [-0.3, -0.25) is 4.79 Å². The molecule has 1 saturated heterocycles. The summed E-state index contributed by atoms with van der Waals surface area (Å²) in [6.07, 6.45) is 4.88. The van der Waals surface area contributed by atoms with Crippen molar-refractivity contribution in [2.45, 2.75) is 52.5 Å². The van der Waals surface area contributed by atoms with Gasteiger partial charge in [-0.1, -0.05) is 33.1 Å². The second-order valence-corrected chi connectivity index (χ2v) is 9.56. The Labute approximate surface area is 182 Å². The van der Waals surface area contributed by atoms with E-state index in [0.717, 1.165) is 25.8 Å². The van der Waals surface area contributed by atoms with E-state index in [0.29, 0.717) is 17.7 Å². The lowest BCUT2D eigenvalue weighted by Crippen LogP contribution is -2.52. The maximum Gasteiger partial charge on any atom is 0.235 e. The van der Waals surface area contributed by atoms with E-state index in [1.165, 1.54) is 18.2 Å². The van der Waals surface area contributed by atoms with Crippen molar-refractivity contribution in [2.75, 3.05) is 6.54 Å². The number of carbonyl (C=O) groups is 1. The molecule has 1 aromatic carbocycles. The second kappa shape index (κ2) is 7.50. The molecular formula is C25H29F2N3O. The van der Waals surface area contributed by atoms with Crippen LogP contribution in [-0.4, -0.2) is 23.4 Å². The van der Waals surface area contributed by atoms with Crippen LogP contribution in [0.15, 0.2) is 58.9 Å². The number of benzene rings is 1. The Balaban J connectivity index is 1.85. The van der Waals surface area contributed by atoms with Crippen LogP contribution in [0.2, 0.25) is 0 Å². The Hall–Kier alpha value is -2.63. The Morgan fingerprint density at radius 2 is 1.84 bits per heavy atom. The van der Waals surface area contributed by atoms with E-state index in [1.54, 1.807) is 6.08 Å². The number of fused-ring (bicyclic) bond motifs is 2. The number of azo groups is 1. The van der Waals surface area contributed by atoms with E-state index in [1.807, 2.05) is 4.90 Å². The average molecular weight is 426 g/mol. The van der Waals surface area contributed by atoms with E-state index in [-0.39, 0.29) is 29.1 Å². The van der Waals surface area contributed by atoms with Crippen LogP contribution >= 0.6 is 0 Å². The Morgan fingerprint density at radius 3 is 2.45 bits per heavy atom. The molecule has 2 fully saturated rings. The van der Waals surface area contributed by atoms with Gasteiger partial charge in [0.2, 0.25) is 5.91 Å². The number of hydrogen-bond acceptors (Lipinski definition) is 3. The Kier molecular flexibility index (Phi) is 5.23. The van der Waals surface area contributed by atoms with Gasteiger partial charge in [-0.25, -0.2) is 8.78 Å². The predicted molar refractivity (Wildman–Crippen MR) is 117 cm³/mol. The molecule has 1 aromatic rings. The molecule has 4 rings (SSSR count). The van der Waals surface area contributed by atoms with Gasteiger partial charge in [-0.2, -0.15) is 10.2 Å². The third kappa shape index (κ3) is 3.10. The van der Waals surface area contributed by atoms with Gasteiger partial charge in [0.1, 0.15) is 11.6 Å². The molecule has 1 saturated carbocycles. The Morgan fingerprint density at radius 1 is 1.16 bits per heavy atom. The summed E-state index contributed by atoms with van der Waals surface area (Å²) < 4.78 is 29.0. The topological polar surface area (TPSA) is 45.0 Å². The molecule has 2 aliphatic heterocycles. The molecule has 0 aromatic heterocycles. The molecule has 0 radical (unpaired) electrons. The van der Waals surface area contributed by atoms with Crippen LogP contribution in [-0.2, 0) is 4.79 Å². The molecule has 2 bridgehead atoms. The van der Waals surface area contributed by atoms with E-state index >= 15 is 0 Å². The highest BCUT2D eigenvalue weighted by atomic mass is 19.1. The van der Waals surface area contributed by atoms with Crippen LogP contribution < -0.4 is 0 Å². The normalized spacial score (nSPS) is 31.8. The smallest absolute Gasteiger partial charge is 0.235 e. The molecule has 4 nitrogen and oxygen atoms in total. The maximum absolute atomic E-state index is 14.5. The van der Waals surface area contributed by atoms with Crippen molar-refractivity contribution in [1.29, 1.82) is 0 Å². The zero-order valence-electron chi connectivity index (χ0n) is 18.4. The first-order valence-electron chi connectivity index (χ1n) is 10.9. The van der Waals surface area contributed by atoms with Crippen molar-refractivity contribution < 1.29 is 13.6 Å². The lowest BCUT2D eigenvalue weighted by Gasteiger charge is -2.45. The highest BCUT2D eigenvalue weighted by molar-refractivity contribution is 5.88. The van der Waals surface area contributed by atoms with Gasteiger partial charge in [-0.15, -0.1) is 0 Å². The zero-order chi connectivity index (χ0) is 22.6. The minimum Gasteiger partial charge on any atom is -0.339 e. The number of carbonyl (C=O) groups excluding carboxylic acids is 1. The van der Waals surface area contributed by atoms with Crippen molar-refractivity contribution >= 4 is 11.6 Å². The van der Waals surface area contributed by atoms with Crippen molar-refractivity contribution in [2.24, 2.45) is 27.0 Å². The average Bonchev–Trinajstić information content (AvgIpc) is 3.25. The molecule has 31 heavy (non-hydrogen) atoms. The summed E-state index contributed by atoms with van der Waals surface area (Å²) in [6.45, 7) is 15.3. The first-order valence-corrected chi connectivity index (χ1v) is 10.9. The fourth-order valence-electron chi connectivity index (χ4n) is 5.86. The fourth-order valence-corrected chi connectivity index (χ4v) is 5.86. The number of allylic oxidation sites excluding steroid dienone is 2. The Bertz CT molecular complexity index is 1010. The van der Waals surface area contributed by atoms with Crippen LogP contribution in [0.1, 0.15) is 52.0 Å². The zero-order valence-corrected chi connectivity index (χ0v) is 18.4. The molecule has 164 valence electrons. The van der Waals surface area contributed by atoms with Gasteiger partial charge < -0.3 is 4.90 Å². The molecule has 0 spiro atoms. The molecule has 1 amide bonds. The van der Waals surface area contributed by atoms with E-state index < -0.39 is 22.5 Å². The second-order valence-electron chi connectivity index (χ2n) is 9.56. The SMILES string of the molecule is C=C1/C=C(/c2c(F)cccc2F)N=NC(=C)C2(C(=O)N3CCCC3C)CCC1C2(C)C. The van der Waals surface area contributed by atoms with Gasteiger partial charge in [0.15, 0.2) is 0 Å². The predicted octanol–water partition coefficient (Wildman–Crippen LogP) is 6.27. The third-order valence-corrected chi connectivity index (χ3v) is 7.72. The summed E-state index contributed by atoms with van der Waals surface area (Å²) in [5.41, 5.74) is -0.604. The van der Waals surface area contributed by atoms with Crippen LogP contribution in [0.25, 0.3) is 5.70 Å². The lowest BCUT2D eigenvalue weighted by molar-refractivity contribution is -0.146.